The standard InChI is InChI=1S/C15H13NO3S/c17-14(18)7-13(11-5-6-20-9-11)16-8-10-3-1-2-4-12(10)15(16)19/h1-6,9,13H,7-8H2,(H,17,18)/t13-/m1/s1. The maximum Gasteiger partial charge on any atom is 0.305 e. The summed E-state index contributed by atoms with van der Waals surface area (Å²) in [6.07, 6.45) is -0.0730. The zero-order valence-corrected chi connectivity index (χ0v) is 11.5. The summed E-state index contributed by atoms with van der Waals surface area (Å²) in [6, 6.07) is 8.92. The first-order valence-corrected chi connectivity index (χ1v) is 7.24. The topological polar surface area (TPSA) is 57.6 Å². The van der Waals surface area contributed by atoms with Crippen LogP contribution in [0.3, 0.4) is 0 Å². The molecule has 0 spiro atoms. The quantitative estimate of drug-likeness (QED) is 0.940. The number of fused-ring (bicyclic) bond motifs is 1. The Labute approximate surface area is 120 Å². The lowest BCUT2D eigenvalue weighted by Gasteiger charge is -2.26. The number of carboxylic acid groups (broad SMARTS) is 1. The van der Waals surface area contributed by atoms with Gasteiger partial charge in [0.25, 0.3) is 5.91 Å². The van der Waals surface area contributed by atoms with E-state index in [1.165, 1.54) is 11.3 Å². The van der Waals surface area contributed by atoms with Crippen molar-refractivity contribution >= 4 is 23.2 Å². The van der Waals surface area contributed by atoms with Crippen molar-refractivity contribution in [2.45, 2.75) is 19.0 Å². The van der Waals surface area contributed by atoms with Crippen LogP contribution in [0.4, 0.5) is 0 Å². The molecule has 0 aliphatic carbocycles. The Morgan fingerprint density at radius 3 is 2.80 bits per heavy atom. The molecule has 0 radical (unpaired) electrons. The molecule has 102 valence electrons. The fourth-order valence-corrected chi connectivity index (χ4v) is 3.27. The van der Waals surface area contributed by atoms with Gasteiger partial charge in [0, 0.05) is 12.1 Å². The fraction of sp³-hybridized carbons (Fsp3) is 0.200. The Kier molecular flexibility index (Phi) is 3.28. The van der Waals surface area contributed by atoms with E-state index >= 15 is 0 Å². The van der Waals surface area contributed by atoms with Crippen molar-refractivity contribution in [1.29, 1.82) is 0 Å². The van der Waals surface area contributed by atoms with Crippen LogP contribution < -0.4 is 0 Å². The molecule has 1 aromatic carbocycles. The van der Waals surface area contributed by atoms with E-state index in [1.54, 1.807) is 11.0 Å². The van der Waals surface area contributed by atoms with E-state index < -0.39 is 12.0 Å². The Balaban J connectivity index is 1.94. The third kappa shape index (κ3) is 2.20. The van der Waals surface area contributed by atoms with Crippen LogP contribution >= 0.6 is 11.3 Å². The molecule has 0 bridgehead atoms. The summed E-state index contributed by atoms with van der Waals surface area (Å²) in [6.45, 7) is 0.475. The second-order valence-corrected chi connectivity index (χ2v) is 5.54. The SMILES string of the molecule is O=C(O)C[C@H](c1ccsc1)N1Cc2ccccc2C1=O. The maximum atomic E-state index is 12.5. The first kappa shape index (κ1) is 12.9. The van der Waals surface area contributed by atoms with Gasteiger partial charge in [-0.1, -0.05) is 18.2 Å². The van der Waals surface area contributed by atoms with Gasteiger partial charge in [-0.25, -0.2) is 0 Å². The van der Waals surface area contributed by atoms with Gasteiger partial charge in [-0.05, 0) is 34.0 Å². The van der Waals surface area contributed by atoms with Gasteiger partial charge in [0.15, 0.2) is 0 Å². The van der Waals surface area contributed by atoms with Crippen molar-refractivity contribution in [1.82, 2.24) is 4.90 Å². The van der Waals surface area contributed by atoms with Gasteiger partial charge in [-0.2, -0.15) is 11.3 Å². The van der Waals surface area contributed by atoms with Crippen LogP contribution in [0, 0.1) is 0 Å². The summed E-state index contributed by atoms with van der Waals surface area (Å²) >= 11 is 1.51. The molecule has 0 saturated carbocycles. The van der Waals surface area contributed by atoms with E-state index in [1.807, 2.05) is 35.0 Å². The van der Waals surface area contributed by atoms with Crippen LogP contribution in [0.1, 0.15) is 33.9 Å². The molecule has 1 atom stereocenters. The van der Waals surface area contributed by atoms with Crippen molar-refractivity contribution in [3.05, 3.63) is 57.8 Å². The number of hydrogen-bond acceptors (Lipinski definition) is 3. The number of nitrogens with zero attached hydrogens (tertiary/aromatic N) is 1. The van der Waals surface area contributed by atoms with Gasteiger partial charge >= 0.3 is 5.97 Å². The average Bonchev–Trinajstić information content (AvgIpc) is 3.05. The molecule has 1 aliphatic heterocycles. The van der Waals surface area contributed by atoms with Gasteiger partial charge in [-0.15, -0.1) is 0 Å². The lowest BCUT2D eigenvalue weighted by atomic mass is 10.1. The highest BCUT2D eigenvalue weighted by Gasteiger charge is 2.34. The highest BCUT2D eigenvalue weighted by molar-refractivity contribution is 7.08. The summed E-state index contributed by atoms with van der Waals surface area (Å²) < 4.78 is 0. The summed E-state index contributed by atoms with van der Waals surface area (Å²) in [4.78, 5) is 25.2. The number of amides is 1. The molecule has 2 aromatic rings. The summed E-state index contributed by atoms with van der Waals surface area (Å²) in [7, 11) is 0. The predicted molar refractivity (Wildman–Crippen MR) is 75.6 cm³/mol. The molecular weight excluding hydrogens is 274 g/mol. The summed E-state index contributed by atoms with van der Waals surface area (Å²) in [5.74, 6) is -0.983. The molecule has 20 heavy (non-hydrogen) atoms. The number of hydrogen-bond donors (Lipinski definition) is 1. The molecule has 1 aromatic heterocycles. The highest BCUT2D eigenvalue weighted by atomic mass is 32.1. The zero-order valence-electron chi connectivity index (χ0n) is 10.7. The van der Waals surface area contributed by atoms with Crippen molar-refractivity contribution in [2.75, 3.05) is 0 Å². The number of thiophene rings is 1. The van der Waals surface area contributed by atoms with Gasteiger partial charge in [0.1, 0.15) is 0 Å². The van der Waals surface area contributed by atoms with Crippen LogP contribution in [0.5, 0.6) is 0 Å². The van der Waals surface area contributed by atoms with E-state index in [0.717, 1.165) is 11.1 Å². The fourth-order valence-electron chi connectivity index (χ4n) is 2.57. The van der Waals surface area contributed by atoms with Gasteiger partial charge < -0.3 is 10.0 Å². The smallest absolute Gasteiger partial charge is 0.305 e. The highest BCUT2D eigenvalue weighted by Crippen LogP contribution is 2.34. The Hall–Kier alpha value is -2.14. The van der Waals surface area contributed by atoms with Crippen LogP contribution in [-0.4, -0.2) is 21.9 Å². The largest absolute Gasteiger partial charge is 0.481 e. The average molecular weight is 287 g/mol. The summed E-state index contributed by atoms with van der Waals surface area (Å²) in [5.41, 5.74) is 2.53. The molecule has 1 aliphatic rings. The van der Waals surface area contributed by atoms with Crippen LogP contribution in [0.25, 0.3) is 0 Å². The van der Waals surface area contributed by atoms with Gasteiger partial charge in [0.2, 0.25) is 0 Å². The molecule has 1 amide bonds. The normalized spacial score (nSPS) is 15.2. The zero-order chi connectivity index (χ0) is 14.1. The van der Waals surface area contributed by atoms with Crippen molar-refractivity contribution < 1.29 is 14.7 Å². The van der Waals surface area contributed by atoms with E-state index in [2.05, 4.69) is 0 Å². The van der Waals surface area contributed by atoms with Crippen molar-refractivity contribution in [2.24, 2.45) is 0 Å². The first-order chi connectivity index (χ1) is 9.66. The monoisotopic (exact) mass is 287 g/mol. The molecular formula is C15H13NO3S. The number of carboxylic acids is 1. The minimum atomic E-state index is -0.898. The van der Waals surface area contributed by atoms with E-state index in [9.17, 15) is 9.59 Å². The van der Waals surface area contributed by atoms with Crippen LogP contribution in [0.15, 0.2) is 41.1 Å². The van der Waals surface area contributed by atoms with Crippen LogP contribution in [-0.2, 0) is 11.3 Å². The van der Waals surface area contributed by atoms with E-state index in [0.29, 0.717) is 12.1 Å². The number of rotatable bonds is 4. The maximum absolute atomic E-state index is 12.5. The molecule has 2 heterocycles. The number of carbonyl (C=O) groups excluding carboxylic acids is 1. The number of aliphatic carboxylic acids is 1. The second kappa shape index (κ2) is 5.09. The minimum absolute atomic E-state index is 0.0730. The number of carbonyl (C=O) groups is 2. The predicted octanol–water partition coefficient (Wildman–Crippen LogP) is 2.92. The Morgan fingerprint density at radius 2 is 2.15 bits per heavy atom. The lowest BCUT2D eigenvalue weighted by Crippen LogP contribution is -2.30. The van der Waals surface area contributed by atoms with E-state index in [-0.39, 0.29) is 12.3 Å². The molecule has 3 rings (SSSR count). The third-order valence-corrected chi connectivity index (χ3v) is 4.22. The van der Waals surface area contributed by atoms with E-state index in [4.69, 9.17) is 5.11 Å². The van der Waals surface area contributed by atoms with Gasteiger partial charge in [-0.3, -0.25) is 9.59 Å². The Morgan fingerprint density at radius 1 is 1.35 bits per heavy atom. The second-order valence-electron chi connectivity index (χ2n) is 4.76. The molecule has 0 unspecified atom stereocenters. The Bertz CT molecular complexity index is 651. The summed E-state index contributed by atoms with van der Waals surface area (Å²) in [5, 5.41) is 12.9. The molecule has 0 fully saturated rings. The van der Waals surface area contributed by atoms with Crippen molar-refractivity contribution in [3.8, 4) is 0 Å². The van der Waals surface area contributed by atoms with Crippen molar-refractivity contribution in [3.63, 3.8) is 0 Å². The first-order valence-electron chi connectivity index (χ1n) is 6.29. The minimum Gasteiger partial charge on any atom is -0.481 e. The molecule has 4 nitrogen and oxygen atoms in total. The number of benzene rings is 1. The third-order valence-electron chi connectivity index (χ3n) is 3.52. The molecule has 5 heteroatoms. The molecule has 1 N–H and O–H groups in total. The lowest BCUT2D eigenvalue weighted by molar-refractivity contribution is -0.138. The van der Waals surface area contributed by atoms with Gasteiger partial charge in [0.05, 0.1) is 12.5 Å². The molecule has 0 saturated heterocycles. The van der Waals surface area contributed by atoms with Crippen LogP contribution in [0.2, 0.25) is 0 Å².